The molecule has 2 atom stereocenters. The van der Waals surface area contributed by atoms with Gasteiger partial charge in [0.1, 0.15) is 5.82 Å². The summed E-state index contributed by atoms with van der Waals surface area (Å²) < 4.78 is 80.9. The predicted octanol–water partition coefficient (Wildman–Crippen LogP) is 4.55. The number of aliphatic hydroxyl groups is 1. The molecule has 1 aromatic heterocycles. The van der Waals surface area contributed by atoms with Crippen LogP contribution in [0, 0.1) is 5.82 Å². The Kier molecular flexibility index (Phi) is 4.11. The summed E-state index contributed by atoms with van der Waals surface area (Å²) in [6, 6.07) is 5.90. The average Bonchev–Trinajstić information content (AvgIpc) is 3.00. The zero-order valence-corrected chi connectivity index (χ0v) is 16.4. The maximum absolute atomic E-state index is 14.3. The number of aromatic nitrogens is 1. The normalized spacial score (nSPS) is 22.8. The van der Waals surface area contributed by atoms with Crippen LogP contribution in [0.2, 0.25) is 0 Å². The van der Waals surface area contributed by atoms with Gasteiger partial charge in [-0.05, 0) is 49.1 Å². The van der Waals surface area contributed by atoms with Gasteiger partial charge < -0.3 is 9.67 Å². The van der Waals surface area contributed by atoms with Crippen LogP contribution in [0.1, 0.15) is 47.4 Å². The molecule has 0 fully saturated rings. The maximum Gasteiger partial charge on any atom is 0.416 e. The predicted molar refractivity (Wildman–Crippen MR) is 101 cm³/mol. The van der Waals surface area contributed by atoms with Gasteiger partial charge in [-0.25, -0.2) is 12.8 Å². The van der Waals surface area contributed by atoms with Crippen LogP contribution in [0.4, 0.5) is 17.6 Å². The zero-order valence-electron chi connectivity index (χ0n) is 15.6. The Morgan fingerprint density at radius 3 is 2.47 bits per heavy atom. The van der Waals surface area contributed by atoms with Gasteiger partial charge in [0, 0.05) is 16.6 Å². The number of aliphatic hydroxyl groups excluding tert-OH is 1. The molecule has 158 valence electrons. The Bertz CT molecular complexity index is 1280. The number of alkyl halides is 3. The number of sulfone groups is 1. The Morgan fingerprint density at radius 1 is 1.10 bits per heavy atom. The third-order valence-corrected chi connectivity index (χ3v) is 7.78. The van der Waals surface area contributed by atoms with Crippen LogP contribution in [0.3, 0.4) is 0 Å². The van der Waals surface area contributed by atoms with Gasteiger partial charge in [-0.3, -0.25) is 0 Å². The van der Waals surface area contributed by atoms with Gasteiger partial charge in [-0.1, -0.05) is 12.1 Å². The van der Waals surface area contributed by atoms with Crippen molar-refractivity contribution in [2.45, 2.75) is 42.5 Å². The van der Waals surface area contributed by atoms with E-state index in [0.717, 1.165) is 23.9 Å². The quantitative estimate of drug-likeness (QED) is 0.566. The van der Waals surface area contributed by atoms with Crippen LogP contribution in [0.15, 0.2) is 41.3 Å². The maximum atomic E-state index is 14.3. The molecule has 1 aliphatic heterocycles. The van der Waals surface area contributed by atoms with E-state index in [1.165, 1.54) is 18.2 Å². The second kappa shape index (κ2) is 6.31. The summed E-state index contributed by atoms with van der Waals surface area (Å²) >= 11 is 0. The molecule has 2 aliphatic rings. The summed E-state index contributed by atoms with van der Waals surface area (Å²) in [5.41, 5.74) is 1.16. The van der Waals surface area contributed by atoms with E-state index in [4.69, 9.17) is 0 Å². The lowest BCUT2D eigenvalue weighted by atomic mass is 9.92. The summed E-state index contributed by atoms with van der Waals surface area (Å²) in [4.78, 5) is -0.137. The average molecular weight is 439 g/mol. The minimum absolute atomic E-state index is 0.137. The van der Waals surface area contributed by atoms with Crippen molar-refractivity contribution >= 4 is 20.7 Å². The molecular formula is C21H17F4NO3S. The van der Waals surface area contributed by atoms with Crippen LogP contribution in [-0.4, -0.2) is 23.8 Å². The number of nitrogens with zero attached hydrogens (tertiary/aromatic N) is 1. The van der Waals surface area contributed by atoms with Gasteiger partial charge >= 0.3 is 6.18 Å². The van der Waals surface area contributed by atoms with Gasteiger partial charge in [0.2, 0.25) is 0 Å². The van der Waals surface area contributed by atoms with Crippen molar-refractivity contribution in [3.8, 4) is 0 Å². The molecule has 0 saturated heterocycles. The fraction of sp³-hybridized carbons (Fsp3) is 0.333. The highest BCUT2D eigenvalue weighted by molar-refractivity contribution is 7.91. The van der Waals surface area contributed by atoms with Crippen LogP contribution in [0.25, 0.3) is 10.9 Å². The van der Waals surface area contributed by atoms with E-state index in [1.54, 1.807) is 4.57 Å². The minimum Gasteiger partial charge on any atom is -0.388 e. The molecule has 0 radical (unpaired) electrons. The number of benzene rings is 2. The lowest BCUT2D eigenvalue weighted by Crippen LogP contribution is -2.28. The van der Waals surface area contributed by atoms with Gasteiger partial charge in [0.25, 0.3) is 0 Å². The zero-order chi connectivity index (χ0) is 21.4. The van der Waals surface area contributed by atoms with Crippen LogP contribution >= 0.6 is 0 Å². The standard InChI is InChI=1S/C21H17F4NO3S/c22-13-8-14-19-15(2-1-3-17(19)27)26-16(10-30(28,29)18(9-13)20(14)26)11-4-6-12(7-5-11)21(23,24)25/h4-9,16-17,27H,1-3,10H2/t16-,17?/m0/s1. The fourth-order valence-electron chi connectivity index (χ4n) is 4.78. The van der Waals surface area contributed by atoms with E-state index < -0.39 is 39.5 Å². The number of hydrogen-bond donors (Lipinski definition) is 1. The molecule has 1 N–H and O–H groups in total. The minimum atomic E-state index is -4.49. The molecule has 0 amide bonds. The van der Waals surface area contributed by atoms with Crippen molar-refractivity contribution < 1.29 is 31.1 Å². The molecule has 1 aliphatic carbocycles. The lowest BCUT2D eigenvalue weighted by Gasteiger charge is -2.29. The number of fused-ring (bicyclic) bond motifs is 3. The first-order valence-electron chi connectivity index (χ1n) is 9.52. The molecule has 2 heterocycles. The molecule has 1 unspecified atom stereocenters. The van der Waals surface area contributed by atoms with Crippen molar-refractivity contribution in [2.24, 2.45) is 0 Å². The van der Waals surface area contributed by atoms with Crippen molar-refractivity contribution in [2.75, 3.05) is 5.75 Å². The van der Waals surface area contributed by atoms with Crippen molar-refractivity contribution in [1.82, 2.24) is 4.57 Å². The number of rotatable bonds is 1. The van der Waals surface area contributed by atoms with E-state index >= 15 is 0 Å². The van der Waals surface area contributed by atoms with Crippen molar-refractivity contribution in [1.29, 1.82) is 0 Å². The molecule has 4 nitrogen and oxygen atoms in total. The van der Waals surface area contributed by atoms with E-state index in [0.29, 0.717) is 41.3 Å². The van der Waals surface area contributed by atoms with Gasteiger partial charge in [-0.15, -0.1) is 0 Å². The molecule has 5 rings (SSSR count). The molecule has 0 bridgehead atoms. The van der Waals surface area contributed by atoms with E-state index in [1.807, 2.05) is 0 Å². The molecule has 9 heteroatoms. The lowest BCUT2D eigenvalue weighted by molar-refractivity contribution is -0.137. The summed E-state index contributed by atoms with van der Waals surface area (Å²) in [6.45, 7) is 0. The van der Waals surface area contributed by atoms with Gasteiger partial charge in [-0.2, -0.15) is 13.2 Å². The molecule has 0 spiro atoms. The van der Waals surface area contributed by atoms with Crippen molar-refractivity contribution in [3.63, 3.8) is 0 Å². The first kappa shape index (κ1) is 19.6. The third-order valence-electron chi connectivity index (χ3n) is 6.04. The summed E-state index contributed by atoms with van der Waals surface area (Å²) in [6.07, 6.45) is -3.61. The number of halogens is 4. The molecule has 2 aromatic carbocycles. The summed E-state index contributed by atoms with van der Waals surface area (Å²) in [5.74, 6) is -1.09. The Labute approximate surface area is 169 Å². The molecule has 0 saturated carbocycles. The van der Waals surface area contributed by atoms with E-state index in [-0.39, 0.29) is 10.6 Å². The highest BCUT2D eigenvalue weighted by atomic mass is 32.2. The highest BCUT2D eigenvalue weighted by Crippen LogP contribution is 2.46. The SMILES string of the molecule is O=S1(=O)C[C@@H](c2ccc(C(F)(F)F)cc2)n2c3c(c4cc(F)cc1c42)C(O)CCC3. The molecular weight excluding hydrogens is 422 g/mol. The van der Waals surface area contributed by atoms with Crippen LogP contribution in [-0.2, 0) is 22.4 Å². The smallest absolute Gasteiger partial charge is 0.388 e. The Morgan fingerprint density at radius 2 is 1.80 bits per heavy atom. The largest absolute Gasteiger partial charge is 0.416 e. The topological polar surface area (TPSA) is 59.3 Å². The van der Waals surface area contributed by atoms with Gasteiger partial charge in [0.15, 0.2) is 9.84 Å². The fourth-order valence-corrected chi connectivity index (χ4v) is 6.51. The van der Waals surface area contributed by atoms with Gasteiger partial charge in [0.05, 0.1) is 33.9 Å². The summed E-state index contributed by atoms with van der Waals surface area (Å²) in [7, 11) is -3.89. The van der Waals surface area contributed by atoms with Crippen LogP contribution in [0.5, 0.6) is 0 Å². The highest BCUT2D eigenvalue weighted by Gasteiger charge is 2.39. The summed E-state index contributed by atoms with van der Waals surface area (Å²) in [5, 5.41) is 10.9. The molecule has 30 heavy (non-hydrogen) atoms. The number of hydrogen-bond acceptors (Lipinski definition) is 3. The second-order valence-electron chi connectivity index (χ2n) is 7.86. The first-order chi connectivity index (χ1) is 14.1. The second-order valence-corrected chi connectivity index (χ2v) is 9.86. The Hall–Kier alpha value is -2.39. The van der Waals surface area contributed by atoms with E-state index in [9.17, 15) is 31.1 Å². The van der Waals surface area contributed by atoms with Crippen LogP contribution < -0.4 is 0 Å². The van der Waals surface area contributed by atoms with Crippen molar-refractivity contribution in [3.05, 3.63) is 64.6 Å². The molecule has 3 aromatic rings. The van der Waals surface area contributed by atoms with E-state index in [2.05, 4.69) is 0 Å². The third kappa shape index (κ3) is 2.79. The monoisotopic (exact) mass is 439 g/mol. The first-order valence-corrected chi connectivity index (χ1v) is 11.2. The Balaban J connectivity index is 1.80.